The number of ether oxygens (including phenoxy) is 4. The van der Waals surface area contributed by atoms with E-state index in [2.05, 4.69) is 5.32 Å². The number of carbonyl (C=O) groups is 1. The maximum atomic E-state index is 12.5. The number of nitrogens with one attached hydrogen (secondary N) is 1. The molecule has 1 aliphatic heterocycles. The third-order valence-electron chi connectivity index (χ3n) is 4.12. The van der Waals surface area contributed by atoms with Gasteiger partial charge in [-0.15, -0.1) is 0 Å². The number of urea groups is 1. The van der Waals surface area contributed by atoms with Crippen LogP contribution in [0, 0.1) is 5.92 Å². The summed E-state index contributed by atoms with van der Waals surface area (Å²) in [7, 11) is 6.32. The topological polar surface area (TPSA) is 69.3 Å². The molecule has 2 amide bonds. The van der Waals surface area contributed by atoms with Gasteiger partial charge in [0.05, 0.1) is 33.6 Å². The molecule has 0 unspecified atom stereocenters. The van der Waals surface area contributed by atoms with Crippen LogP contribution in [0.5, 0.6) is 17.2 Å². The number of anilines is 1. The van der Waals surface area contributed by atoms with Crippen molar-refractivity contribution in [2.24, 2.45) is 5.92 Å². The number of benzene rings is 1. The lowest BCUT2D eigenvalue weighted by Gasteiger charge is -2.32. The quantitative estimate of drug-likeness (QED) is 0.863. The number of hydrogen-bond donors (Lipinski definition) is 1. The number of rotatable bonds is 6. The second kappa shape index (κ2) is 8.63. The van der Waals surface area contributed by atoms with Gasteiger partial charge in [0.15, 0.2) is 11.5 Å². The Morgan fingerprint density at radius 2 is 1.83 bits per heavy atom. The summed E-state index contributed by atoms with van der Waals surface area (Å²) in [6.07, 6.45) is 2.07. The fourth-order valence-electron chi connectivity index (χ4n) is 2.98. The van der Waals surface area contributed by atoms with Gasteiger partial charge in [0, 0.05) is 38.2 Å². The van der Waals surface area contributed by atoms with Crippen LogP contribution in [0.1, 0.15) is 12.8 Å². The highest BCUT2D eigenvalue weighted by atomic mass is 16.5. The first-order valence-corrected chi connectivity index (χ1v) is 7.97. The number of piperidine rings is 1. The lowest BCUT2D eigenvalue weighted by Crippen LogP contribution is -2.43. The van der Waals surface area contributed by atoms with E-state index in [-0.39, 0.29) is 6.03 Å². The molecule has 0 aliphatic carbocycles. The van der Waals surface area contributed by atoms with Crippen molar-refractivity contribution in [2.75, 3.05) is 53.5 Å². The van der Waals surface area contributed by atoms with E-state index in [4.69, 9.17) is 18.9 Å². The zero-order chi connectivity index (χ0) is 17.5. The highest BCUT2D eigenvalue weighted by molar-refractivity contribution is 5.90. The minimum Gasteiger partial charge on any atom is -0.493 e. The molecule has 1 fully saturated rings. The van der Waals surface area contributed by atoms with Gasteiger partial charge < -0.3 is 29.2 Å². The Morgan fingerprint density at radius 3 is 2.38 bits per heavy atom. The molecule has 24 heavy (non-hydrogen) atoms. The lowest BCUT2D eigenvalue weighted by molar-refractivity contribution is 0.104. The van der Waals surface area contributed by atoms with Crippen LogP contribution in [-0.2, 0) is 4.74 Å². The Bertz CT molecular complexity index is 537. The van der Waals surface area contributed by atoms with Crippen molar-refractivity contribution in [1.82, 2.24) is 4.90 Å². The minimum atomic E-state index is -0.134. The summed E-state index contributed by atoms with van der Waals surface area (Å²) in [5.74, 6) is 1.89. The summed E-state index contributed by atoms with van der Waals surface area (Å²) >= 11 is 0. The maximum Gasteiger partial charge on any atom is 0.321 e. The minimum absolute atomic E-state index is 0.134. The van der Waals surface area contributed by atoms with Crippen molar-refractivity contribution < 1.29 is 23.7 Å². The number of nitrogens with zero attached hydrogens (tertiary/aromatic N) is 1. The largest absolute Gasteiger partial charge is 0.493 e. The maximum absolute atomic E-state index is 12.5. The molecule has 1 heterocycles. The van der Waals surface area contributed by atoms with Gasteiger partial charge in [-0.3, -0.25) is 0 Å². The van der Waals surface area contributed by atoms with Gasteiger partial charge in [0.1, 0.15) is 0 Å². The predicted octanol–water partition coefficient (Wildman–Crippen LogP) is 2.60. The van der Waals surface area contributed by atoms with Crippen LogP contribution in [0.4, 0.5) is 10.5 Å². The van der Waals surface area contributed by atoms with E-state index in [9.17, 15) is 4.79 Å². The van der Waals surface area contributed by atoms with E-state index < -0.39 is 0 Å². The Balaban J connectivity index is 2.11. The van der Waals surface area contributed by atoms with Gasteiger partial charge >= 0.3 is 6.03 Å². The molecule has 0 aromatic heterocycles. The molecule has 134 valence electrons. The summed E-state index contributed by atoms with van der Waals surface area (Å²) in [5, 5.41) is 2.91. The fraction of sp³-hybridized carbons (Fsp3) is 0.588. The van der Waals surface area contributed by atoms with Crippen LogP contribution in [0.25, 0.3) is 0 Å². The third kappa shape index (κ3) is 4.23. The van der Waals surface area contributed by atoms with Gasteiger partial charge in [0.2, 0.25) is 5.75 Å². The van der Waals surface area contributed by atoms with Crippen molar-refractivity contribution in [3.05, 3.63) is 12.1 Å². The first kappa shape index (κ1) is 18.2. The van der Waals surface area contributed by atoms with Crippen molar-refractivity contribution in [2.45, 2.75) is 12.8 Å². The number of methoxy groups -OCH3 is 4. The molecule has 0 bridgehead atoms. The average molecular weight is 338 g/mol. The van der Waals surface area contributed by atoms with Crippen molar-refractivity contribution in [1.29, 1.82) is 0 Å². The zero-order valence-electron chi connectivity index (χ0n) is 14.8. The van der Waals surface area contributed by atoms with Gasteiger partial charge in [-0.2, -0.15) is 0 Å². The van der Waals surface area contributed by atoms with E-state index in [1.807, 2.05) is 4.90 Å². The second-order valence-corrected chi connectivity index (χ2v) is 5.75. The van der Waals surface area contributed by atoms with Gasteiger partial charge in [-0.1, -0.05) is 0 Å². The van der Waals surface area contributed by atoms with E-state index in [0.29, 0.717) is 42.0 Å². The molecule has 1 atom stereocenters. The first-order valence-electron chi connectivity index (χ1n) is 7.97. The van der Waals surface area contributed by atoms with E-state index in [1.54, 1.807) is 40.6 Å². The smallest absolute Gasteiger partial charge is 0.321 e. The first-order chi connectivity index (χ1) is 11.6. The number of likely N-dealkylation sites (tertiary alicyclic amines) is 1. The summed E-state index contributed by atoms with van der Waals surface area (Å²) in [4.78, 5) is 14.3. The van der Waals surface area contributed by atoms with E-state index in [1.165, 1.54) is 0 Å². The molecule has 7 nitrogen and oxygen atoms in total. The van der Waals surface area contributed by atoms with Crippen LogP contribution >= 0.6 is 0 Å². The normalized spacial score (nSPS) is 17.3. The average Bonchev–Trinajstić information content (AvgIpc) is 2.61. The summed E-state index contributed by atoms with van der Waals surface area (Å²) in [5.41, 5.74) is 0.600. The monoisotopic (exact) mass is 338 g/mol. The lowest BCUT2D eigenvalue weighted by atomic mass is 9.99. The molecular formula is C17H26N2O5. The molecule has 7 heteroatoms. The Morgan fingerprint density at radius 1 is 1.17 bits per heavy atom. The van der Waals surface area contributed by atoms with Crippen LogP contribution in [-0.4, -0.2) is 59.1 Å². The molecule has 1 aromatic carbocycles. The Hall–Kier alpha value is -2.15. The SMILES string of the molecule is COC[C@@H]1CCCN(C(=O)Nc2cc(OC)c(OC)c(OC)c2)C1. The molecule has 1 aromatic rings. The fourth-order valence-corrected chi connectivity index (χ4v) is 2.98. The summed E-state index contributed by atoms with van der Waals surface area (Å²) < 4.78 is 21.1. The number of hydrogen-bond acceptors (Lipinski definition) is 5. The predicted molar refractivity (Wildman–Crippen MR) is 91.3 cm³/mol. The van der Waals surface area contributed by atoms with Crippen molar-refractivity contribution in [3.8, 4) is 17.2 Å². The second-order valence-electron chi connectivity index (χ2n) is 5.75. The van der Waals surface area contributed by atoms with Crippen LogP contribution in [0.15, 0.2) is 12.1 Å². The molecule has 1 saturated heterocycles. The van der Waals surface area contributed by atoms with E-state index in [0.717, 1.165) is 19.4 Å². The number of amides is 2. The summed E-state index contributed by atoms with van der Waals surface area (Å²) in [6.45, 7) is 2.12. The summed E-state index contributed by atoms with van der Waals surface area (Å²) in [6, 6.07) is 3.30. The Kier molecular flexibility index (Phi) is 6.54. The van der Waals surface area contributed by atoms with Crippen LogP contribution < -0.4 is 19.5 Å². The molecule has 0 spiro atoms. The van der Waals surface area contributed by atoms with Gasteiger partial charge in [-0.05, 0) is 12.8 Å². The number of carbonyl (C=O) groups excluding carboxylic acids is 1. The highest BCUT2D eigenvalue weighted by Crippen LogP contribution is 2.40. The standard InChI is InChI=1S/C17H26N2O5/c1-21-11-12-6-5-7-19(10-12)17(20)18-13-8-14(22-2)16(24-4)15(9-13)23-3/h8-9,12H,5-7,10-11H2,1-4H3,(H,18,20)/t12-/m1/s1. The highest BCUT2D eigenvalue weighted by Gasteiger charge is 2.24. The van der Waals surface area contributed by atoms with Crippen LogP contribution in [0.2, 0.25) is 0 Å². The van der Waals surface area contributed by atoms with Gasteiger partial charge in [0.25, 0.3) is 0 Å². The zero-order valence-corrected chi connectivity index (χ0v) is 14.8. The molecular weight excluding hydrogens is 312 g/mol. The van der Waals surface area contributed by atoms with E-state index >= 15 is 0 Å². The van der Waals surface area contributed by atoms with Crippen molar-refractivity contribution in [3.63, 3.8) is 0 Å². The molecule has 0 saturated carbocycles. The van der Waals surface area contributed by atoms with Gasteiger partial charge in [-0.25, -0.2) is 4.79 Å². The molecule has 0 radical (unpaired) electrons. The third-order valence-corrected chi connectivity index (χ3v) is 4.12. The van der Waals surface area contributed by atoms with Crippen LogP contribution in [0.3, 0.4) is 0 Å². The van der Waals surface area contributed by atoms with Crippen molar-refractivity contribution >= 4 is 11.7 Å². The molecule has 1 aliphatic rings. The molecule has 1 N–H and O–H groups in total. The Labute approximate surface area is 142 Å². The molecule has 2 rings (SSSR count).